The second-order valence-electron chi connectivity index (χ2n) is 6.95. The maximum absolute atomic E-state index is 10.2. The molecule has 0 heterocycles. The normalized spacial score (nSPS) is 13.1. The number of phenolic OH excluding ortho intramolecular Hbond substituents is 1. The van der Waals surface area contributed by atoms with Crippen LogP contribution in [-0.2, 0) is 19.0 Å². The fourth-order valence-electron chi connectivity index (χ4n) is 3.26. The van der Waals surface area contributed by atoms with Gasteiger partial charge < -0.3 is 5.11 Å². The Balaban J connectivity index is 2.98. The summed E-state index contributed by atoms with van der Waals surface area (Å²) in [6.07, 6.45) is 13.3. The highest BCUT2D eigenvalue weighted by atomic mass is 31.0. The number of nitriles is 1. The summed E-state index contributed by atoms with van der Waals surface area (Å²) in [6, 6.07) is 4.09. The van der Waals surface area contributed by atoms with Gasteiger partial charge in [0, 0.05) is 5.70 Å². The van der Waals surface area contributed by atoms with Crippen molar-refractivity contribution >= 4 is 9.24 Å². The minimum Gasteiger partial charge on any atom is -0.508 e. The van der Waals surface area contributed by atoms with Gasteiger partial charge in [-0.1, -0.05) is 52.0 Å². The number of nitrogens with zero attached hydrogens (tertiary/aromatic N) is 1. The summed E-state index contributed by atoms with van der Waals surface area (Å²) < 4.78 is 0. The van der Waals surface area contributed by atoms with Crippen LogP contribution >= 0.6 is 9.24 Å². The van der Waals surface area contributed by atoms with Gasteiger partial charge in [-0.2, -0.15) is 5.26 Å². The van der Waals surface area contributed by atoms with Crippen LogP contribution in [0.5, 0.6) is 5.75 Å². The Morgan fingerprint density at radius 2 is 2.07 bits per heavy atom. The lowest BCUT2D eigenvalue weighted by atomic mass is 9.90. The molecule has 0 saturated heterocycles. The summed E-state index contributed by atoms with van der Waals surface area (Å²) in [5.41, 5.74) is 5.47. The molecule has 2 atom stereocenters. The first-order valence-electron chi connectivity index (χ1n) is 9.70. The van der Waals surface area contributed by atoms with Gasteiger partial charge >= 0.3 is 0 Å². The highest BCUT2D eigenvalue weighted by Gasteiger charge is 2.12. The molecule has 1 aromatic rings. The van der Waals surface area contributed by atoms with Crippen LogP contribution in [0.3, 0.4) is 0 Å². The third-order valence-electron chi connectivity index (χ3n) is 4.52. The lowest BCUT2D eigenvalue weighted by Gasteiger charge is -2.17. The molecule has 146 valence electrons. The summed E-state index contributed by atoms with van der Waals surface area (Å²) in [6.45, 7) is 10.3. The van der Waals surface area contributed by atoms with E-state index < -0.39 is 0 Å². The number of aromatic hydroxyl groups is 1. The number of hydrogen-bond acceptors (Lipinski definition) is 3. The molecule has 2 unspecified atom stereocenters. The van der Waals surface area contributed by atoms with Crippen molar-refractivity contribution in [1.29, 1.82) is 5.26 Å². The van der Waals surface area contributed by atoms with Gasteiger partial charge in [-0.15, -0.1) is 9.24 Å². The van der Waals surface area contributed by atoms with Crippen molar-refractivity contribution in [2.24, 2.45) is 5.92 Å². The number of allylic oxidation sites excluding steroid dienone is 4. The molecular formula is C23H33N2OP. The van der Waals surface area contributed by atoms with Crippen LogP contribution in [0.1, 0.15) is 56.7 Å². The Morgan fingerprint density at radius 3 is 2.63 bits per heavy atom. The molecule has 0 amide bonds. The van der Waals surface area contributed by atoms with Gasteiger partial charge in [0.2, 0.25) is 0 Å². The van der Waals surface area contributed by atoms with Gasteiger partial charge in [0.1, 0.15) is 5.75 Å². The molecule has 1 aromatic carbocycles. The average Bonchev–Trinajstić information content (AvgIpc) is 2.64. The van der Waals surface area contributed by atoms with Crippen LogP contribution in [0.25, 0.3) is 0 Å². The number of aryl methyl sites for hydroxylation is 1. The number of nitrogens with one attached hydrogen (secondary N) is 1. The zero-order valence-electron chi connectivity index (χ0n) is 16.9. The van der Waals surface area contributed by atoms with E-state index in [0.29, 0.717) is 11.7 Å². The predicted molar refractivity (Wildman–Crippen MR) is 118 cm³/mol. The fourth-order valence-corrected chi connectivity index (χ4v) is 3.64. The third kappa shape index (κ3) is 7.61. The summed E-state index contributed by atoms with van der Waals surface area (Å²) in [5.74, 6) is 0.836. The van der Waals surface area contributed by atoms with E-state index in [2.05, 4.69) is 41.0 Å². The van der Waals surface area contributed by atoms with Crippen LogP contribution in [0.4, 0.5) is 0 Å². The highest BCUT2D eigenvalue weighted by Crippen LogP contribution is 2.28. The molecular weight excluding hydrogens is 351 g/mol. The van der Waals surface area contributed by atoms with Gasteiger partial charge in [0.25, 0.3) is 0 Å². The zero-order chi connectivity index (χ0) is 20.2. The Bertz CT molecular complexity index is 729. The van der Waals surface area contributed by atoms with Crippen LogP contribution in [0.2, 0.25) is 0 Å². The van der Waals surface area contributed by atoms with E-state index in [9.17, 15) is 5.11 Å². The molecule has 3 nitrogen and oxygen atoms in total. The summed E-state index contributed by atoms with van der Waals surface area (Å²) in [4.78, 5) is 0. The fraction of sp³-hybridized carbons (Fsp3) is 0.435. The van der Waals surface area contributed by atoms with E-state index in [1.165, 1.54) is 11.1 Å². The largest absolute Gasteiger partial charge is 0.508 e. The maximum atomic E-state index is 10.2. The average molecular weight is 385 g/mol. The second kappa shape index (κ2) is 12.4. The van der Waals surface area contributed by atoms with Gasteiger partial charge in [-0.3, -0.25) is 5.32 Å². The van der Waals surface area contributed by atoms with E-state index in [1.54, 1.807) is 0 Å². The van der Waals surface area contributed by atoms with Crippen molar-refractivity contribution < 1.29 is 5.11 Å². The first-order valence-corrected chi connectivity index (χ1v) is 10.5. The van der Waals surface area contributed by atoms with Crippen molar-refractivity contribution in [3.63, 3.8) is 0 Å². The topological polar surface area (TPSA) is 56.0 Å². The third-order valence-corrected chi connectivity index (χ3v) is 4.96. The molecule has 2 N–H and O–H groups in total. The molecule has 27 heavy (non-hydrogen) atoms. The van der Waals surface area contributed by atoms with E-state index >= 15 is 0 Å². The number of phenols is 1. The first-order chi connectivity index (χ1) is 13.0. The minimum atomic E-state index is 0.411. The number of benzene rings is 1. The highest BCUT2D eigenvalue weighted by molar-refractivity contribution is 7.15. The first kappa shape index (κ1) is 23.0. The molecule has 0 radical (unpaired) electrons. The standard InChI is InChI=1S/C23H33N2OP/c1-5-8-19-13-20(21(15-27)14-23(19)26)11-17(4)10-18(7-3)12-22(9-6-2)25-16-24/h7,9,12-14,17,25-26H,3,5-6,8,10-11,15,27H2,1-2,4H3/b18-12+,22-9+. The molecule has 0 aliphatic heterocycles. The quantitative estimate of drug-likeness (QED) is 0.220. The van der Waals surface area contributed by atoms with Crippen LogP contribution in [0.15, 0.2) is 48.2 Å². The predicted octanol–water partition coefficient (Wildman–Crippen LogP) is 5.77. The van der Waals surface area contributed by atoms with Crippen molar-refractivity contribution in [1.82, 2.24) is 5.32 Å². The van der Waals surface area contributed by atoms with E-state index in [-0.39, 0.29) is 0 Å². The SMILES string of the molecule is C=C/C(=C\C(=C/CC)NC#N)CC(C)Cc1cc(CCC)c(O)cc1CP. The molecule has 0 saturated carbocycles. The Labute approximate surface area is 167 Å². The minimum absolute atomic E-state index is 0.411. The molecule has 0 fully saturated rings. The molecule has 1 rings (SSSR count). The van der Waals surface area contributed by atoms with Crippen LogP contribution in [-0.4, -0.2) is 5.11 Å². The molecule has 0 aliphatic rings. The number of rotatable bonds is 11. The molecule has 4 heteroatoms. The van der Waals surface area contributed by atoms with Gasteiger partial charge in [0.15, 0.2) is 6.19 Å². The van der Waals surface area contributed by atoms with E-state index in [4.69, 9.17) is 5.26 Å². The summed E-state index contributed by atoms with van der Waals surface area (Å²) in [5, 5.41) is 21.8. The van der Waals surface area contributed by atoms with E-state index in [1.807, 2.05) is 37.4 Å². The van der Waals surface area contributed by atoms with Crippen molar-refractivity contribution in [3.8, 4) is 11.9 Å². The molecule has 0 aromatic heterocycles. The Kier molecular flexibility index (Phi) is 10.5. The monoisotopic (exact) mass is 384 g/mol. The van der Waals surface area contributed by atoms with Crippen LogP contribution in [0, 0.1) is 17.4 Å². The number of hydrogen-bond donors (Lipinski definition) is 2. The lowest BCUT2D eigenvalue weighted by Crippen LogP contribution is -2.07. The molecule has 0 spiro atoms. The maximum Gasteiger partial charge on any atom is 0.181 e. The van der Waals surface area contributed by atoms with Gasteiger partial charge in [0.05, 0.1) is 0 Å². The van der Waals surface area contributed by atoms with Crippen LogP contribution < -0.4 is 5.32 Å². The van der Waals surface area contributed by atoms with Crippen molar-refractivity contribution in [3.05, 3.63) is 64.9 Å². The van der Waals surface area contributed by atoms with E-state index in [0.717, 1.165) is 55.1 Å². The van der Waals surface area contributed by atoms with Gasteiger partial charge in [-0.25, -0.2) is 0 Å². The lowest BCUT2D eigenvalue weighted by molar-refractivity contribution is 0.466. The summed E-state index contributed by atoms with van der Waals surface area (Å²) in [7, 11) is 2.76. The van der Waals surface area contributed by atoms with Crippen molar-refractivity contribution in [2.45, 2.75) is 59.0 Å². The van der Waals surface area contributed by atoms with Gasteiger partial charge in [-0.05, 0) is 72.2 Å². The smallest absolute Gasteiger partial charge is 0.181 e. The Hall–Kier alpha value is -2.04. The second-order valence-corrected chi connectivity index (χ2v) is 7.35. The molecule has 0 bridgehead atoms. The molecule has 0 aliphatic carbocycles. The summed E-state index contributed by atoms with van der Waals surface area (Å²) >= 11 is 0. The zero-order valence-corrected chi connectivity index (χ0v) is 18.0. The van der Waals surface area contributed by atoms with Crippen molar-refractivity contribution in [2.75, 3.05) is 0 Å². The Morgan fingerprint density at radius 1 is 1.33 bits per heavy atom.